The van der Waals surface area contributed by atoms with Gasteiger partial charge in [-0.3, -0.25) is 20.2 Å². The molecule has 240 valence electrons. The van der Waals surface area contributed by atoms with Gasteiger partial charge in [0, 0.05) is 50.1 Å². The van der Waals surface area contributed by atoms with Crippen LogP contribution in [0.25, 0.3) is 49.7 Å². The van der Waals surface area contributed by atoms with Crippen LogP contribution in [0.4, 0.5) is 11.4 Å². The zero-order valence-electron chi connectivity index (χ0n) is 26.0. The van der Waals surface area contributed by atoms with Gasteiger partial charge in [0.05, 0.1) is 26.5 Å². The number of nitro benzene ring substituents is 2. The minimum Gasteiger partial charge on any atom is -0.361 e. The summed E-state index contributed by atoms with van der Waals surface area (Å²) in [5.41, 5.74) is 6.35. The zero-order valence-corrected chi connectivity index (χ0v) is 28.2. The average Bonchev–Trinajstić information content (AvgIpc) is 3.81. The molecule has 0 aliphatic heterocycles. The third-order valence-corrected chi connectivity index (χ3v) is 8.60. The van der Waals surface area contributed by atoms with E-state index in [9.17, 15) is 20.2 Å². The number of nitro groups is 2. The fraction of sp³-hybridized carbons (Fsp3) is 0. The molecule has 2 heterocycles. The van der Waals surface area contributed by atoms with E-state index in [0.29, 0.717) is 11.1 Å². The van der Waals surface area contributed by atoms with Crippen LogP contribution in [0.5, 0.6) is 0 Å². The van der Waals surface area contributed by atoms with Crippen LogP contribution < -0.4 is 0 Å². The summed E-state index contributed by atoms with van der Waals surface area (Å²) in [6, 6.07) is 49.5. The summed E-state index contributed by atoms with van der Waals surface area (Å²) in [5.74, 6) is 0. The van der Waals surface area contributed by atoms with Crippen molar-refractivity contribution in [3.8, 4) is 27.9 Å². The molecule has 0 radical (unpaired) electrons. The molecule has 0 saturated carbocycles. The summed E-state index contributed by atoms with van der Waals surface area (Å²) in [6.45, 7) is 0. The van der Waals surface area contributed by atoms with Gasteiger partial charge in [0.15, 0.2) is 0 Å². The Morgan fingerprint density at radius 1 is 0.510 bits per heavy atom. The smallest absolute Gasteiger partial charge is 0.277 e. The first-order valence-electron chi connectivity index (χ1n) is 15.3. The summed E-state index contributed by atoms with van der Waals surface area (Å²) < 4.78 is 3.38. The van der Waals surface area contributed by atoms with E-state index in [0.717, 1.165) is 38.6 Å². The molecule has 0 bridgehead atoms. The Balaban J connectivity index is 0.000000146. The van der Waals surface area contributed by atoms with Crippen LogP contribution in [0.2, 0.25) is 0 Å². The quantitative estimate of drug-likeness (QED) is 0.107. The van der Waals surface area contributed by atoms with Crippen LogP contribution in [-0.2, 0) is 0 Å². The lowest BCUT2D eigenvalue weighted by atomic mass is 10.00. The van der Waals surface area contributed by atoms with Crippen LogP contribution in [-0.4, -0.2) is 19.4 Å². The second kappa shape index (κ2) is 15.2. The molecule has 0 spiro atoms. The van der Waals surface area contributed by atoms with Crippen molar-refractivity contribution in [1.82, 2.24) is 9.55 Å². The number of fused-ring (bicyclic) bond motifs is 2. The van der Waals surface area contributed by atoms with E-state index in [1.807, 2.05) is 122 Å². The molecule has 8 aromatic rings. The number of aromatic amines is 1. The molecule has 0 amide bonds. The number of hydrogen-bond donors (Lipinski definition) is 1. The highest BCUT2D eigenvalue weighted by Crippen LogP contribution is 2.36. The van der Waals surface area contributed by atoms with Gasteiger partial charge in [-0.15, -0.1) is 0 Å². The zero-order chi connectivity index (χ0) is 34.2. The molecule has 2 aromatic heterocycles. The molecule has 0 saturated heterocycles. The lowest BCUT2D eigenvalue weighted by molar-refractivity contribution is -0.384. The van der Waals surface area contributed by atoms with Gasteiger partial charge in [0.1, 0.15) is 0 Å². The Bertz CT molecular complexity index is 2370. The highest BCUT2D eigenvalue weighted by atomic mass is 127. The third-order valence-electron chi connectivity index (χ3n) is 7.88. The van der Waals surface area contributed by atoms with Crippen molar-refractivity contribution in [3.05, 3.63) is 194 Å². The first-order valence-corrected chi connectivity index (χ1v) is 16.4. The molecule has 6 aromatic carbocycles. The Kier molecular flexibility index (Phi) is 10.2. The lowest BCUT2D eigenvalue weighted by Crippen LogP contribution is -1.93. The van der Waals surface area contributed by atoms with E-state index < -0.39 is 0 Å². The maximum atomic E-state index is 11.4. The van der Waals surface area contributed by atoms with E-state index >= 15 is 0 Å². The summed E-state index contributed by atoms with van der Waals surface area (Å²) in [6.07, 6.45) is 3.83. The minimum atomic E-state index is -0.346. The number of halogens is 1. The number of H-pyrrole nitrogens is 1. The van der Waals surface area contributed by atoms with Crippen LogP contribution in [0.15, 0.2) is 170 Å². The SMILES string of the molecule is Ic1ccccc1.O=[N+]([O-])c1ccccc1-c1cccc2[nH]ccc12.O=[N+]([O-])c1ccccc1-c1cccc2c1ccn2-c1ccccc1. The standard InChI is InChI=1S/C20H14N2O2.C14H10N2O2.C6H5I/c23-22(24)20-11-5-4-9-17(20)16-10-6-12-19-18(16)13-14-21(19)15-7-2-1-3-8-15;17-16(18)14-7-2-1-4-12(14)10-5-3-6-13-11(10)8-9-15-13;7-6-4-2-1-3-5-6/h1-14H;1-9,15H;1-5H. The molecule has 0 aliphatic rings. The van der Waals surface area contributed by atoms with Gasteiger partial charge in [-0.2, -0.15) is 0 Å². The van der Waals surface area contributed by atoms with Gasteiger partial charge in [-0.05, 0) is 94.4 Å². The normalized spacial score (nSPS) is 10.5. The fourth-order valence-electron chi connectivity index (χ4n) is 5.67. The molecule has 8 nitrogen and oxygen atoms in total. The Hall–Kier alpha value is -6.07. The van der Waals surface area contributed by atoms with Gasteiger partial charge in [0.25, 0.3) is 11.4 Å². The van der Waals surface area contributed by atoms with Crippen molar-refractivity contribution in [3.63, 3.8) is 0 Å². The first kappa shape index (κ1) is 32.9. The van der Waals surface area contributed by atoms with E-state index in [1.54, 1.807) is 30.3 Å². The van der Waals surface area contributed by atoms with Crippen molar-refractivity contribution in [2.24, 2.45) is 0 Å². The topological polar surface area (TPSA) is 107 Å². The summed E-state index contributed by atoms with van der Waals surface area (Å²) in [5, 5.41) is 24.4. The summed E-state index contributed by atoms with van der Waals surface area (Å²) >= 11 is 2.28. The second-order valence-electron chi connectivity index (χ2n) is 10.8. The molecule has 9 heteroatoms. The predicted molar refractivity (Wildman–Crippen MR) is 205 cm³/mol. The number of nitrogens with one attached hydrogen (secondary N) is 1. The Morgan fingerprint density at radius 3 is 1.59 bits per heavy atom. The maximum Gasteiger partial charge on any atom is 0.277 e. The lowest BCUT2D eigenvalue weighted by Gasteiger charge is -2.08. The van der Waals surface area contributed by atoms with Crippen molar-refractivity contribution in [2.75, 3.05) is 0 Å². The molecule has 1 N–H and O–H groups in total. The molecule has 0 aliphatic carbocycles. The molecule has 49 heavy (non-hydrogen) atoms. The van der Waals surface area contributed by atoms with Gasteiger partial charge in [-0.1, -0.05) is 84.9 Å². The molecular weight excluding hydrogens is 727 g/mol. The summed E-state index contributed by atoms with van der Waals surface area (Å²) in [7, 11) is 0. The fourth-order valence-corrected chi connectivity index (χ4v) is 6.09. The number of benzene rings is 6. The molecule has 8 rings (SSSR count). The van der Waals surface area contributed by atoms with Crippen LogP contribution >= 0.6 is 22.6 Å². The van der Waals surface area contributed by atoms with Crippen molar-refractivity contribution < 1.29 is 9.85 Å². The number of para-hydroxylation sites is 3. The van der Waals surface area contributed by atoms with Gasteiger partial charge >= 0.3 is 0 Å². The molecular formula is C40H29IN4O4. The van der Waals surface area contributed by atoms with Gasteiger partial charge in [0.2, 0.25) is 0 Å². The Labute approximate surface area is 295 Å². The predicted octanol–water partition coefficient (Wildman–Crippen LogP) is 11.2. The molecule has 0 fully saturated rings. The highest BCUT2D eigenvalue weighted by molar-refractivity contribution is 14.1. The van der Waals surface area contributed by atoms with Crippen molar-refractivity contribution in [1.29, 1.82) is 0 Å². The highest BCUT2D eigenvalue weighted by Gasteiger charge is 2.18. The third kappa shape index (κ3) is 7.42. The molecule has 0 unspecified atom stereocenters. The van der Waals surface area contributed by atoms with Crippen LogP contribution in [0.1, 0.15) is 0 Å². The van der Waals surface area contributed by atoms with Crippen molar-refractivity contribution >= 4 is 55.8 Å². The monoisotopic (exact) mass is 756 g/mol. The van der Waals surface area contributed by atoms with E-state index in [-0.39, 0.29) is 21.2 Å². The average molecular weight is 757 g/mol. The van der Waals surface area contributed by atoms with Gasteiger partial charge in [-0.25, -0.2) is 0 Å². The number of aromatic nitrogens is 2. The van der Waals surface area contributed by atoms with Crippen LogP contribution in [0.3, 0.4) is 0 Å². The largest absolute Gasteiger partial charge is 0.361 e. The first-order chi connectivity index (χ1) is 23.9. The Morgan fingerprint density at radius 2 is 1.02 bits per heavy atom. The van der Waals surface area contributed by atoms with E-state index in [2.05, 4.69) is 44.3 Å². The van der Waals surface area contributed by atoms with E-state index in [1.165, 1.54) is 9.64 Å². The maximum absolute atomic E-state index is 11.4. The van der Waals surface area contributed by atoms with Gasteiger partial charge < -0.3 is 9.55 Å². The number of nitrogens with zero attached hydrogens (tertiary/aromatic N) is 3. The second-order valence-corrected chi connectivity index (χ2v) is 12.1. The van der Waals surface area contributed by atoms with Crippen molar-refractivity contribution in [2.45, 2.75) is 0 Å². The molecule has 0 atom stereocenters. The van der Waals surface area contributed by atoms with Crippen LogP contribution in [0, 0.1) is 23.8 Å². The number of rotatable bonds is 5. The number of hydrogen-bond acceptors (Lipinski definition) is 4. The summed E-state index contributed by atoms with van der Waals surface area (Å²) in [4.78, 5) is 24.9. The minimum absolute atomic E-state index is 0.123. The van der Waals surface area contributed by atoms with E-state index in [4.69, 9.17) is 0 Å².